The minimum absolute atomic E-state index is 0.736. The van der Waals surface area contributed by atoms with Crippen molar-refractivity contribution in [1.29, 1.82) is 5.26 Å². The van der Waals surface area contributed by atoms with E-state index in [-0.39, 0.29) is 0 Å². The molecule has 1 fully saturated rings. The van der Waals surface area contributed by atoms with Crippen molar-refractivity contribution >= 4 is 0 Å². The average molecular weight is 335 g/mol. The van der Waals surface area contributed by atoms with E-state index in [4.69, 9.17) is 10.2 Å². The van der Waals surface area contributed by atoms with E-state index in [0.717, 1.165) is 67.6 Å². The molecule has 1 saturated heterocycles. The minimum atomic E-state index is 0.736. The first kappa shape index (κ1) is 17.5. The molecule has 0 radical (unpaired) electrons. The summed E-state index contributed by atoms with van der Waals surface area (Å²) in [4.78, 5) is 14.2. The van der Waals surface area contributed by atoms with Crippen molar-refractivity contribution in [1.82, 2.24) is 19.8 Å². The molecule has 0 amide bonds. The highest BCUT2D eigenvalue weighted by Gasteiger charge is 2.19. The molecule has 0 unspecified atom stereocenters. The van der Waals surface area contributed by atoms with E-state index in [0.29, 0.717) is 0 Å². The van der Waals surface area contributed by atoms with Crippen molar-refractivity contribution in [3.05, 3.63) is 58.2 Å². The van der Waals surface area contributed by atoms with Crippen LogP contribution in [0.5, 0.6) is 0 Å². The molecule has 3 rings (SSSR count). The average Bonchev–Trinajstić information content (AvgIpc) is 2.61. The zero-order chi connectivity index (χ0) is 17.8. The number of benzene rings is 1. The predicted octanol–water partition coefficient (Wildman–Crippen LogP) is 2.59. The summed E-state index contributed by atoms with van der Waals surface area (Å²) >= 11 is 0. The van der Waals surface area contributed by atoms with Gasteiger partial charge in [-0.05, 0) is 38.5 Å². The number of hydrogen-bond donors (Lipinski definition) is 0. The maximum Gasteiger partial charge on any atom is 0.0991 e. The number of rotatable bonds is 4. The number of nitrogens with zero attached hydrogens (tertiary/aromatic N) is 5. The lowest BCUT2D eigenvalue weighted by Crippen LogP contribution is -2.45. The Bertz CT molecular complexity index is 785. The minimum Gasteiger partial charge on any atom is -0.297 e. The van der Waals surface area contributed by atoms with Crippen LogP contribution in [-0.4, -0.2) is 45.9 Å². The van der Waals surface area contributed by atoms with Gasteiger partial charge in [-0.2, -0.15) is 5.26 Å². The van der Waals surface area contributed by atoms with Gasteiger partial charge in [0.1, 0.15) is 0 Å². The van der Waals surface area contributed by atoms with Gasteiger partial charge in [-0.1, -0.05) is 12.1 Å². The molecule has 0 bridgehead atoms. The zero-order valence-corrected chi connectivity index (χ0v) is 15.3. The third kappa shape index (κ3) is 4.41. The van der Waals surface area contributed by atoms with E-state index in [9.17, 15) is 0 Å². The van der Waals surface area contributed by atoms with Crippen LogP contribution in [-0.2, 0) is 13.1 Å². The molecule has 0 N–H and O–H groups in total. The molecule has 0 saturated carbocycles. The molecule has 0 spiro atoms. The van der Waals surface area contributed by atoms with Gasteiger partial charge in [0.05, 0.1) is 34.4 Å². The second kappa shape index (κ2) is 7.73. The van der Waals surface area contributed by atoms with Crippen LogP contribution in [0, 0.1) is 32.1 Å². The van der Waals surface area contributed by atoms with Crippen molar-refractivity contribution < 1.29 is 0 Å². The standard InChI is InChI=1S/C20H25N5/c1-15-16(2)23-20(17(3)22-15)14-25-9-7-24(8-10-25)13-19-6-4-5-18(11-19)12-21/h4-6,11H,7-10,13-14H2,1-3H3. The zero-order valence-electron chi connectivity index (χ0n) is 15.3. The van der Waals surface area contributed by atoms with Gasteiger partial charge in [0.2, 0.25) is 0 Å². The topological polar surface area (TPSA) is 56.1 Å². The Labute approximate surface area is 149 Å². The van der Waals surface area contributed by atoms with Crippen LogP contribution in [0.2, 0.25) is 0 Å². The molecule has 5 heteroatoms. The van der Waals surface area contributed by atoms with Gasteiger partial charge in [-0.3, -0.25) is 19.8 Å². The van der Waals surface area contributed by atoms with Crippen LogP contribution < -0.4 is 0 Å². The summed E-state index contributed by atoms with van der Waals surface area (Å²) in [5.74, 6) is 0. The van der Waals surface area contributed by atoms with Crippen LogP contribution in [0.25, 0.3) is 0 Å². The lowest BCUT2D eigenvalue weighted by atomic mass is 10.1. The fourth-order valence-corrected chi connectivity index (χ4v) is 3.23. The van der Waals surface area contributed by atoms with Gasteiger partial charge < -0.3 is 0 Å². The maximum atomic E-state index is 9.02. The van der Waals surface area contributed by atoms with E-state index in [2.05, 4.69) is 26.9 Å². The van der Waals surface area contributed by atoms with Gasteiger partial charge >= 0.3 is 0 Å². The van der Waals surface area contributed by atoms with Gasteiger partial charge in [-0.15, -0.1) is 0 Å². The number of aromatic nitrogens is 2. The Morgan fingerprint density at radius 1 is 0.920 bits per heavy atom. The van der Waals surface area contributed by atoms with Crippen LogP contribution in [0.3, 0.4) is 0 Å². The first-order chi connectivity index (χ1) is 12.0. The van der Waals surface area contributed by atoms with Crippen molar-refractivity contribution in [2.45, 2.75) is 33.9 Å². The van der Waals surface area contributed by atoms with Crippen molar-refractivity contribution in [3.63, 3.8) is 0 Å². The van der Waals surface area contributed by atoms with E-state index >= 15 is 0 Å². The molecule has 2 aromatic rings. The SMILES string of the molecule is Cc1nc(C)c(CN2CCN(Cc3cccc(C#N)c3)CC2)nc1C. The Morgan fingerprint density at radius 3 is 2.24 bits per heavy atom. The molecule has 1 aromatic heterocycles. The van der Waals surface area contributed by atoms with E-state index in [1.165, 1.54) is 5.56 Å². The highest BCUT2D eigenvalue weighted by atomic mass is 15.3. The molecule has 1 aromatic carbocycles. The third-order valence-corrected chi connectivity index (χ3v) is 4.88. The van der Waals surface area contributed by atoms with Crippen molar-refractivity contribution in [2.75, 3.05) is 26.2 Å². The second-order valence-corrected chi connectivity index (χ2v) is 6.79. The monoisotopic (exact) mass is 335 g/mol. The number of aryl methyl sites for hydroxylation is 3. The van der Waals surface area contributed by atoms with Crippen molar-refractivity contribution in [2.24, 2.45) is 0 Å². The quantitative estimate of drug-likeness (QED) is 0.859. The molecular weight excluding hydrogens is 310 g/mol. The molecule has 1 aliphatic rings. The third-order valence-electron chi connectivity index (χ3n) is 4.88. The molecule has 0 aliphatic carbocycles. The summed E-state index contributed by atoms with van der Waals surface area (Å²) in [5.41, 5.74) is 6.13. The molecule has 130 valence electrons. The van der Waals surface area contributed by atoms with E-state index in [1.54, 1.807) is 0 Å². The first-order valence-electron chi connectivity index (χ1n) is 8.79. The number of hydrogen-bond acceptors (Lipinski definition) is 5. The highest BCUT2D eigenvalue weighted by molar-refractivity contribution is 5.32. The summed E-state index contributed by atoms with van der Waals surface area (Å²) < 4.78 is 0. The van der Waals surface area contributed by atoms with Crippen LogP contribution in [0.15, 0.2) is 24.3 Å². The van der Waals surface area contributed by atoms with Crippen molar-refractivity contribution in [3.8, 4) is 6.07 Å². The van der Waals surface area contributed by atoms with Gasteiger partial charge in [-0.25, -0.2) is 0 Å². The number of piperazine rings is 1. The fraction of sp³-hybridized carbons (Fsp3) is 0.450. The molecular formula is C20H25N5. The van der Waals surface area contributed by atoms with Crippen LogP contribution in [0.4, 0.5) is 0 Å². The fourth-order valence-electron chi connectivity index (χ4n) is 3.23. The molecule has 5 nitrogen and oxygen atoms in total. The highest BCUT2D eigenvalue weighted by Crippen LogP contribution is 2.14. The Balaban J connectivity index is 1.55. The Kier molecular flexibility index (Phi) is 5.42. The lowest BCUT2D eigenvalue weighted by Gasteiger charge is -2.34. The van der Waals surface area contributed by atoms with E-state index < -0.39 is 0 Å². The molecule has 1 aliphatic heterocycles. The lowest BCUT2D eigenvalue weighted by molar-refractivity contribution is 0.120. The summed E-state index contributed by atoms with van der Waals surface area (Å²) in [6.07, 6.45) is 0. The largest absolute Gasteiger partial charge is 0.297 e. The molecule has 25 heavy (non-hydrogen) atoms. The Hall–Kier alpha value is -2.29. The van der Waals surface area contributed by atoms with E-state index in [1.807, 2.05) is 39.0 Å². The van der Waals surface area contributed by atoms with Gasteiger partial charge in [0.25, 0.3) is 0 Å². The smallest absolute Gasteiger partial charge is 0.0991 e. The first-order valence-corrected chi connectivity index (χ1v) is 8.79. The van der Waals surface area contributed by atoms with Gasteiger partial charge in [0, 0.05) is 39.3 Å². The summed E-state index contributed by atoms with van der Waals surface area (Å²) in [6, 6.07) is 10.1. The predicted molar refractivity (Wildman–Crippen MR) is 98.0 cm³/mol. The van der Waals surface area contributed by atoms with Crippen LogP contribution in [0.1, 0.15) is 33.9 Å². The summed E-state index contributed by atoms with van der Waals surface area (Å²) in [6.45, 7) is 12.0. The second-order valence-electron chi connectivity index (χ2n) is 6.79. The maximum absolute atomic E-state index is 9.02. The number of nitriles is 1. The Morgan fingerprint density at radius 2 is 1.56 bits per heavy atom. The summed E-state index contributed by atoms with van der Waals surface area (Å²) in [7, 11) is 0. The molecule has 0 atom stereocenters. The van der Waals surface area contributed by atoms with Gasteiger partial charge in [0.15, 0.2) is 0 Å². The summed E-state index contributed by atoms with van der Waals surface area (Å²) in [5, 5.41) is 9.02. The normalized spacial score (nSPS) is 15.9. The van der Waals surface area contributed by atoms with Crippen LogP contribution >= 0.6 is 0 Å². The molecule has 2 heterocycles.